The Labute approximate surface area is 62.4 Å². The molecule has 1 unspecified atom stereocenters. The van der Waals surface area contributed by atoms with Crippen molar-refractivity contribution in [3.05, 3.63) is 7.05 Å². The summed E-state index contributed by atoms with van der Waals surface area (Å²) >= 11 is 0. The second-order valence-electron chi connectivity index (χ2n) is 2.03. The zero-order valence-electron chi connectivity index (χ0n) is 6.74. The molecule has 0 bridgehead atoms. The predicted molar refractivity (Wildman–Crippen MR) is 40.4 cm³/mol. The van der Waals surface area contributed by atoms with E-state index in [-0.39, 0.29) is 5.91 Å². The largest absolute Gasteiger partial charge is 0.459 e. The average molecular weight is 144 g/mol. The number of carbonyl (C=O) groups excluding carboxylic acids is 1. The molecule has 2 N–H and O–H groups in total. The summed E-state index contributed by atoms with van der Waals surface area (Å²) in [5.41, 5.74) is 0. The number of hydrogen-bond acceptors (Lipinski definition) is 1. The molecule has 1 aliphatic rings. The Morgan fingerprint density at radius 3 is 2.50 bits per heavy atom. The maximum atomic E-state index is 10.5. The highest BCUT2D eigenvalue weighted by Gasteiger charge is 2.10. The summed E-state index contributed by atoms with van der Waals surface area (Å²) in [6.45, 7) is 6.25. The molecule has 1 saturated heterocycles. The SMILES string of the molecule is CC.[CH2-][NH+]1CCNC(=O)C1. The van der Waals surface area contributed by atoms with Crippen LogP contribution in [0.3, 0.4) is 0 Å². The number of amides is 1. The molecule has 3 heteroatoms. The molecular weight excluding hydrogens is 128 g/mol. The lowest BCUT2D eigenvalue weighted by atomic mass is 10.4. The van der Waals surface area contributed by atoms with Gasteiger partial charge >= 0.3 is 0 Å². The van der Waals surface area contributed by atoms with Gasteiger partial charge in [-0.2, -0.15) is 7.05 Å². The third-order valence-corrected chi connectivity index (χ3v) is 1.21. The molecule has 1 aliphatic heterocycles. The van der Waals surface area contributed by atoms with Crippen LogP contribution in [-0.4, -0.2) is 25.5 Å². The van der Waals surface area contributed by atoms with Crippen molar-refractivity contribution in [1.82, 2.24) is 5.32 Å². The van der Waals surface area contributed by atoms with Gasteiger partial charge in [0, 0.05) is 0 Å². The smallest absolute Gasteiger partial charge is 0.273 e. The Hall–Kier alpha value is -0.570. The first-order valence-electron chi connectivity index (χ1n) is 3.72. The van der Waals surface area contributed by atoms with Crippen LogP contribution in [0, 0.1) is 7.05 Å². The van der Waals surface area contributed by atoms with Gasteiger partial charge in [0.15, 0.2) is 0 Å². The van der Waals surface area contributed by atoms with Gasteiger partial charge in [0.05, 0.1) is 13.1 Å². The first kappa shape index (κ1) is 9.43. The van der Waals surface area contributed by atoms with E-state index in [4.69, 9.17) is 0 Å². The second-order valence-corrected chi connectivity index (χ2v) is 2.03. The molecule has 0 aromatic rings. The van der Waals surface area contributed by atoms with Crippen molar-refractivity contribution in [2.45, 2.75) is 13.8 Å². The standard InChI is InChI=1S/C5H10N2O.C2H6/c1-7-3-2-6-5(8)4-7;1-2/h7H,1-4H2,(H,6,8);1-2H3. The van der Waals surface area contributed by atoms with Gasteiger partial charge in [-0.3, -0.25) is 4.79 Å². The fourth-order valence-electron chi connectivity index (χ4n) is 0.757. The van der Waals surface area contributed by atoms with Crippen LogP contribution in [0.4, 0.5) is 0 Å². The van der Waals surface area contributed by atoms with Crippen molar-refractivity contribution in [1.29, 1.82) is 0 Å². The van der Waals surface area contributed by atoms with Crippen molar-refractivity contribution < 1.29 is 9.69 Å². The highest BCUT2D eigenvalue weighted by molar-refractivity contribution is 5.77. The van der Waals surface area contributed by atoms with E-state index in [1.807, 2.05) is 13.8 Å². The lowest BCUT2D eigenvalue weighted by Crippen LogP contribution is -3.10. The third-order valence-electron chi connectivity index (χ3n) is 1.21. The quantitative estimate of drug-likeness (QED) is 0.412. The van der Waals surface area contributed by atoms with Gasteiger partial charge in [0.25, 0.3) is 5.91 Å². The summed E-state index contributed by atoms with van der Waals surface area (Å²) in [7, 11) is 3.70. The summed E-state index contributed by atoms with van der Waals surface area (Å²) in [5, 5.41) is 2.71. The average Bonchev–Trinajstić information content (AvgIpc) is 1.91. The zero-order chi connectivity index (χ0) is 7.98. The van der Waals surface area contributed by atoms with Gasteiger partial charge in [-0.25, -0.2) is 0 Å². The Kier molecular flexibility index (Phi) is 4.94. The van der Waals surface area contributed by atoms with Crippen molar-refractivity contribution in [2.24, 2.45) is 0 Å². The number of nitrogens with one attached hydrogen (secondary N) is 2. The van der Waals surface area contributed by atoms with Gasteiger partial charge in [-0.15, -0.1) is 0 Å². The minimum Gasteiger partial charge on any atom is -0.459 e. The van der Waals surface area contributed by atoms with E-state index in [9.17, 15) is 4.79 Å². The minimum absolute atomic E-state index is 0.112. The van der Waals surface area contributed by atoms with Crippen LogP contribution in [0.5, 0.6) is 0 Å². The van der Waals surface area contributed by atoms with E-state index in [0.717, 1.165) is 18.0 Å². The molecular formula is C7H16N2O. The predicted octanol–water partition coefficient (Wildman–Crippen LogP) is -1.18. The number of hydrogen-bond donors (Lipinski definition) is 2. The van der Waals surface area contributed by atoms with E-state index < -0.39 is 0 Å². The molecule has 1 atom stereocenters. The molecule has 0 radical (unpaired) electrons. The van der Waals surface area contributed by atoms with Crippen LogP contribution in [-0.2, 0) is 4.79 Å². The molecule has 3 nitrogen and oxygen atoms in total. The first-order chi connectivity index (χ1) is 4.79. The maximum Gasteiger partial charge on any atom is 0.273 e. The molecule has 60 valence electrons. The minimum atomic E-state index is 0.112. The van der Waals surface area contributed by atoms with Crippen LogP contribution in [0.2, 0.25) is 0 Å². The van der Waals surface area contributed by atoms with E-state index in [1.54, 1.807) is 0 Å². The third kappa shape index (κ3) is 3.45. The zero-order valence-corrected chi connectivity index (χ0v) is 6.74. The Bertz CT molecular complexity index is 104. The van der Waals surface area contributed by atoms with Gasteiger partial charge in [-0.05, 0) is 0 Å². The van der Waals surface area contributed by atoms with Crippen molar-refractivity contribution in [2.75, 3.05) is 19.6 Å². The van der Waals surface area contributed by atoms with Crippen molar-refractivity contribution >= 4 is 5.91 Å². The van der Waals surface area contributed by atoms with Crippen molar-refractivity contribution in [3.8, 4) is 0 Å². The normalized spacial score (nSPS) is 24.3. The van der Waals surface area contributed by atoms with Crippen LogP contribution in [0.25, 0.3) is 0 Å². The van der Waals surface area contributed by atoms with Gasteiger partial charge in [0.1, 0.15) is 6.54 Å². The van der Waals surface area contributed by atoms with E-state index in [2.05, 4.69) is 12.4 Å². The summed E-state index contributed by atoms with van der Waals surface area (Å²) in [5.74, 6) is 0.112. The number of rotatable bonds is 0. The highest BCUT2D eigenvalue weighted by atomic mass is 16.2. The van der Waals surface area contributed by atoms with Gasteiger partial charge in [0.2, 0.25) is 0 Å². The first-order valence-corrected chi connectivity index (χ1v) is 3.72. The Balaban J connectivity index is 0.000000371. The molecule has 1 rings (SSSR count). The fourth-order valence-corrected chi connectivity index (χ4v) is 0.757. The molecule has 0 aliphatic carbocycles. The molecule has 0 spiro atoms. The summed E-state index contributed by atoms with van der Waals surface area (Å²) in [6.07, 6.45) is 0. The van der Waals surface area contributed by atoms with Crippen LogP contribution in [0.1, 0.15) is 13.8 Å². The van der Waals surface area contributed by atoms with E-state index in [0.29, 0.717) is 6.54 Å². The van der Waals surface area contributed by atoms with Gasteiger partial charge < -0.3 is 10.2 Å². The Morgan fingerprint density at radius 1 is 1.60 bits per heavy atom. The Morgan fingerprint density at radius 2 is 2.20 bits per heavy atom. The molecule has 1 heterocycles. The van der Waals surface area contributed by atoms with Crippen LogP contribution < -0.4 is 10.2 Å². The molecule has 0 saturated carbocycles. The maximum absolute atomic E-state index is 10.5. The molecule has 0 aromatic carbocycles. The number of piperazine rings is 1. The van der Waals surface area contributed by atoms with Crippen molar-refractivity contribution in [3.63, 3.8) is 0 Å². The fraction of sp³-hybridized carbons (Fsp3) is 0.714. The van der Waals surface area contributed by atoms with Gasteiger partial charge in [-0.1, -0.05) is 13.8 Å². The molecule has 1 fully saturated rings. The monoisotopic (exact) mass is 144 g/mol. The number of carbonyl (C=O) groups is 1. The summed E-state index contributed by atoms with van der Waals surface area (Å²) in [6, 6.07) is 0. The lowest BCUT2D eigenvalue weighted by molar-refractivity contribution is -0.846. The lowest BCUT2D eigenvalue weighted by Gasteiger charge is -2.24. The van der Waals surface area contributed by atoms with Crippen LogP contribution >= 0.6 is 0 Å². The second kappa shape index (κ2) is 5.23. The molecule has 0 aromatic heterocycles. The topological polar surface area (TPSA) is 33.5 Å². The van der Waals surface area contributed by atoms with E-state index in [1.165, 1.54) is 0 Å². The highest BCUT2D eigenvalue weighted by Crippen LogP contribution is 1.63. The molecule has 10 heavy (non-hydrogen) atoms. The number of quaternary nitrogens is 1. The van der Waals surface area contributed by atoms with Crippen LogP contribution in [0.15, 0.2) is 0 Å². The molecule has 1 amide bonds. The van der Waals surface area contributed by atoms with E-state index >= 15 is 0 Å². The summed E-state index contributed by atoms with van der Waals surface area (Å²) < 4.78 is 0. The summed E-state index contributed by atoms with van der Waals surface area (Å²) in [4.78, 5) is 11.6.